The van der Waals surface area contributed by atoms with Gasteiger partial charge in [-0.3, -0.25) is 0 Å². The van der Waals surface area contributed by atoms with Gasteiger partial charge in [-0.1, -0.05) is 170 Å². The van der Waals surface area contributed by atoms with E-state index in [0.717, 1.165) is 28.3 Å². The van der Waals surface area contributed by atoms with E-state index >= 15 is 0 Å². The van der Waals surface area contributed by atoms with Crippen molar-refractivity contribution in [2.75, 3.05) is 4.90 Å². The van der Waals surface area contributed by atoms with E-state index in [0.29, 0.717) is 0 Å². The molecule has 0 spiro atoms. The van der Waals surface area contributed by atoms with Crippen LogP contribution < -0.4 is 4.90 Å². The first-order chi connectivity index (χ1) is 26.8. The molecule has 0 aliphatic rings. The molecule has 2 nitrogen and oxygen atoms in total. The number of fused-ring (bicyclic) bond motifs is 4. The van der Waals surface area contributed by atoms with E-state index in [4.69, 9.17) is 0 Å². The van der Waals surface area contributed by atoms with Crippen molar-refractivity contribution in [1.29, 1.82) is 0 Å². The number of aromatic nitrogens is 1. The van der Waals surface area contributed by atoms with Crippen LogP contribution in [0.3, 0.4) is 0 Å². The van der Waals surface area contributed by atoms with E-state index in [1.807, 2.05) is 0 Å². The van der Waals surface area contributed by atoms with Gasteiger partial charge in [-0.2, -0.15) is 0 Å². The van der Waals surface area contributed by atoms with Crippen LogP contribution >= 0.6 is 0 Å². The molecule has 0 bridgehead atoms. The summed E-state index contributed by atoms with van der Waals surface area (Å²) in [7, 11) is 0. The van der Waals surface area contributed by atoms with E-state index in [1.165, 1.54) is 60.4 Å². The van der Waals surface area contributed by atoms with Crippen LogP contribution in [0.2, 0.25) is 0 Å². The molecular weight excluding hydrogens is 653 g/mol. The van der Waals surface area contributed by atoms with Crippen LogP contribution in [0.25, 0.3) is 71.6 Å². The van der Waals surface area contributed by atoms with E-state index in [-0.39, 0.29) is 0 Å². The third-order valence-electron chi connectivity index (χ3n) is 10.6. The molecule has 0 atom stereocenters. The van der Waals surface area contributed by atoms with Crippen LogP contribution in [0.15, 0.2) is 218 Å². The molecule has 54 heavy (non-hydrogen) atoms. The van der Waals surface area contributed by atoms with Crippen LogP contribution in [0.4, 0.5) is 17.1 Å². The molecule has 10 aromatic rings. The second-order valence-corrected chi connectivity index (χ2v) is 13.7. The molecular formula is C52H36N2. The Labute approximate surface area is 315 Å². The second-order valence-electron chi connectivity index (χ2n) is 13.7. The molecule has 0 saturated heterocycles. The van der Waals surface area contributed by atoms with Crippen molar-refractivity contribution in [2.45, 2.75) is 0 Å². The highest BCUT2D eigenvalue weighted by Gasteiger charge is 2.23. The summed E-state index contributed by atoms with van der Waals surface area (Å²) in [6, 6.07) is 78.8. The number of hydrogen-bond acceptors (Lipinski definition) is 1. The molecule has 0 N–H and O–H groups in total. The minimum absolute atomic E-state index is 1.09. The Bertz CT molecular complexity index is 2800. The Balaban J connectivity index is 1.25. The number of para-hydroxylation sites is 2. The molecule has 0 aliphatic carbocycles. The van der Waals surface area contributed by atoms with Gasteiger partial charge in [0.05, 0.1) is 16.7 Å². The van der Waals surface area contributed by atoms with Gasteiger partial charge >= 0.3 is 0 Å². The average molecular weight is 689 g/mol. The number of nitrogens with zero attached hydrogens (tertiary/aromatic N) is 2. The summed E-state index contributed by atoms with van der Waals surface area (Å²) in [4.78, 5) is 2.42. The lowest BCUT2D eigenvalue weighted by atomic mass is 9.94. The highest BCUT2D eigenvalue weighted by Crippen LogP contribution is 2.46. The van der Waals surface area contributed by atoms with E-state index < -0.39 is 0 Å². The van der Waals surface area contributed by atoms with Crippen molar-refractivity contribution < 1.29 is 0 Å². The zero-order valence-corrected chi connectivity index (χ0v) is 29.7. The van der Waals surface area contributed by atoms with Crippen molar-refractivity contribution in [1.82, 2.24) is 4.57 Å². The highest BCUT2D eigenvalue weighted by atomic mass is 15.2. The fourth-order valence-corrected chi connectivity index (χ4v) is 8.10. The summed E-state index contributed by atoms with van der Waals surface area (Å²) in [5.41, 5.74) is 14.0. The molecule has 0 radical (unpaired) electrons. The SMILES string of the molecule is c1ccc(-c2ccc(N(c3ccc(-c4ccccc4)cc3)c3cccc4c5c(-c6cccc7ccccc67)cccc5n(-c5ccccc5)c34)cc2)cc1. The fourth-order valence-electron chi connectivity index (χ4n) is 8.10. The maximum absolute atomic E-state index is 2.46. The molecule has 254 valence electrons. The zero-order chi connectivity index (χ0) is 35.8. The number of hydrogen-bond donors (Lipinski definition) is 0. The first-order valence-corrected chi connectivity index (χ1v) is 18.5. The maximum atomic E-state index is 2.46. The monoisotopic (exact) mass is 688 g/mol. The lowest BCUT2D eigenvalue weighted by Gasteiger charge is -2.27. The molecule has 2 heteroatoms. The van der Waals surface area contributed by atoms with Crippen LogP contribution in [-0.4, -0.2) is 4.57 Å². The summed E-state index contributed by atoms with van der Waals surface area (Å²) in [5, 5.41) is 4.95. The molecule has 0 fully saturated rings. The average Bonchev–Trinajstić information content (AvgIpc) is 3.60. The lowest BCUT2D eigenvalue weighted by molar-refractivity contribution is 1.17. The van der Waals surface area contributed by atoms with Crippen molar-refractivity contribution in [3.05, 3.63) is 218 Å². The summed E-state index contributed by atoms with van der Waals surface area (Å²) in [5.74, 6) is 0. The van der Waals surface area contributed by atoms with Crippen LogP contribution in [-0.2, 0) is 0 Å². The van der Waals surface area contributed by atoms with E-state index in [2.05, 4.69) is 228 Å². The fraction of sp³-hybridized carbons (Fsp3) is 0. The number of rotatable bonds is 7. The predicted octanol–water partition coefficient (Wildman–Crippen LogP) is 14.4. The third kappa shape index (κ3) is 5.44. The van der Waals surface area contributed by atoms with E-state index in [1.54, 1.807) is 0 Å². The quantitative estimate of drug-likeness (QED) is 0.162. The molecule has 0 saturated carbocycles. The van der Waals surface area contributed by atoms with Crippen molar-refractivity contribution in [3.8, 4) is 39.1 Å². The van der Waals surface area contributed by atoms with Crippen molar-refractivity contribution in [2.24, 2.45) is 0 Å². The topological polar surface area (TPSA) is 8.17 Å². The standard InChI is InChI=1S/C52H36N2/c1-4-15-37(16-5-1)39-29-33-43(34-30-39)53(44-35-31-40(32-36-44)38-17-6-2-7-18-38)50-28-14-26-48-51-47(46-24-12-20-41-19-10-11-23-45(41)46)25-13-27-49(51)54(52(48)50)42-21-8-3-9-22-42/h1-36H. The predicted molar refractivity (Wildman–Crippen MR) is 229 cm³/mol. The van der Waals surface area contributed by atoms with Gasteiger partial charge in [0.1, 0.15) is 0 Å². The molecule has 0 unspecified atom stereocenters. The van der Waals surface area contributed by atoms with Gasteiger partial charge in [-0.25, -0.2) is 0 Å². The smallest absolute Gasteiger partial charge is 0.0782 e. The summed E-state index contributed by atoms with van der Waals surface area (Å²) in [6.45, 7) is 0. The zero-order valence-electron chi connectivity index (χ0n) is 29.7. The molecule has 1 heterocycles. The highest BCUT2D eigenvalue weighted by molar-refractivity contribution is 6.21. The van der Waals surface area contributed by atoms with Gasteiger partial charge in [-0.05, 0) is 92.7 Å². The third-order valence-corrected chi connectivity index (χ3v) is 10.6. The Morgan fingerprint density at radius 1 is 0.333 bits per heavy atom. The van der Waals surface area contributed by atoms with Gasteiger partial charge in [0.2, 0.25) is 0 Å². The summed E-state index contributed by atoms with van der Waals surface area (Å²) >= 11 is 0. The normalized spacial score (nSPS) is 11.3. The van der Waals surface area contributed by atoms with Gasteiger partial charge < -0.3 is 9.47 Å². The Kier molecular flexibility index (Phi) is 7.85. The van der Waals surface area contributed by atoms with Gasteiger partial charge in [0.25, 0.3) is 0 Å². The molecule has 0 aliphatic heterocycles. The lowest BCUT2D eigenvalue weighted by Crippen LogP contribution is -2.11. The van der Waals surface area contributed by atoms with E-state index in [9.17, 15) is 0 Å². The van der Waals surface area contributed by atoms with Crippen molar-refractivity contribution in [3.63, 3.8) is 0 Å². The Morgan fingerprint density at radius 2 is 0.815 bits per heavy atom. The molecule has 9 aromatic carbocycles. The van der Waals surface area contributed by atoms with Gasteiger partial charge in [0, 0.05) is 27.8 Å². The van der Waals surface area contributed by atoms with Crippen LogP contribution in [0, 0.1) is 0 Å². The maximum Gasteiger partial charge on any atom is 0.0782 e. The Hall–Kier alpha value is -7.16. The Morgan fingerprint density at radius 3 is 1.46 bits per heavy atom. The molecule has 1 aromatic heterocycles. The number of anilines is 3. The number of benzene rings is 9. The minimum Gasteiger partial charge on any atom is -0.308 e. The molecule has 10 rings (SSSR count). The molecule has 0 amide bonds. The van der Waals surface area contributed by atoms with Crippen LogP contribution in [0.5, 0.6) is 0 Å². The largest absolute Gasteiger partial charge is 0.308 e. The van der Waals surface area contributed by atoms with Crippen LogP contribution in [0.1, 0.15) is 0 Å². The summed E-state index contributed by atoms with van der Waals surface area (Å²) < 4.78 is 2.46. The first-order valence-electron chi connectivity index (χ1n) is 18.5. The summed E-state index contributed by atoms with van der Waals surface area (Å²) in [6.07, 6.45) is 0. The van der Waals surface area contributed by atoms with Crippen molar-refractivity contribution >= 4 is 49.6 Å². The first kappa shape index (κ1) is 31.6. The van der Waals surface area contributed by atoms with Gasteiger partial charge in [-0.15, -0.1) is 0 Å². The minimum atomic E-state index is 1.09. The van der Waals surface area contributed by atoms with Gasteiger partial charge in [0.15, 0.2) is 0 Å². The second kappa shape index (κ2) is 13.4.